The Kier molecular flexibility index (Phi) is 5.14. The third kappa shape index (κ3) is 4.53. The minimum Gasteiger partial charge on any atom is -0.322 e. The van der Waals surface area contributed by atoms with Gasteiger partial charge in [-0.25, -0.2) is 0 Å². The standard InChI is InChI=1S/C15H9Cl3F3NO/c16-14(17,18)13(23)22-10-6-7-11(9-4-2-1-3-5-9)12(8-10)15(19,20)21/h1-8H,(H,22,23). The summed E-state index contributed by atoms with van der Waals surface area (Å²) in [6.45, 7) is 0. The summed E-state index contributed by atoms with van der Waals surface area (Å²) >= 11 is 16.2. The zero-order valence-electron chi connectivity index (χ0n) is 11.3. The van der Waals surface area contributed by atoms with Gasteiger partial charge in [0.1, 0.15) is 0 Å². The van der Waals surface area contributed by atoms with E-state index in [1.165, 1.54) is 12.1 Å². The Hall–Kier alpha value is -1.43. The zero-order valence-corrected chi connectivity index (χ0v) is 13.6. The summed E-state index contributed by atoms with van der Waals surface area (Å²) in [4.78, 5) is 11.6. The van der Waals surface area contributed by atoms with Crippen molar-refractivity contribution in [1.82, 2.24) is 0 Å². The third-order valence-electron chi connectivity index (χ3n) is 2.93. The van der Waals surface area contributed by atoms with Gasteiger partial charge < -0.3 is 5.32 Å². The highest BCUT2D eigenvalue weighted by Crippen LogP contribution is 2.39. The van der Waals surface area contributed by atoms with Crippen LogP contribution in [-0.4, -0.2) is 9.70 Å². The Labute approximate surface area is 145 Å². The molecule has 23 heavy (non-hydrogen) atoms. The number of anilines is 1. The second-order valence-electron chi connectivity index (χ2n) is 4.58. The summed E-state index contributed by atoms with van der Waals surface area (Å²) in [5.74, 6) is -1.04. The maximum Gasteiger partial charge on any atom is 0.417 e. The molecule has 2 nitrogen and oxygen atoms in total. The smallest absolute Gasteiger partial charge is 0.322 e. The molecule has 0 aliphatic carbocycles. The van der Waals surface area contributed by atoms with Gasteiger partial charge in [-0.1, -0.05) is 71.2 Å². The van der Waals surface area contributed by atoms with E-state index >= 15 is 0 Å². The number of halogens is 6. The summed E-state index contributed by atoms with van der Waals surface area (Å²) in [5, 5.41) is 2.14. The van der Waals surface area contributed by atoms with Crippen molar-refractivity contribution in [2.45, 2.75) is 9.97 Å². The van der Waals surface area contributed by atoms with Crippen LogP contribution in [0.4, 0.5) is 18.9 Å². The highest BCUT2D eigenvalue weighted by Gasteiger charge is 2.35. The molecule has 0 aromatic heterocycles. The Morgan fingerprint density at radius 1 is 0.957 bits per heavy atom. The quantitative estimate of drug-likeness (QED) is 0.665. The van der Waals surface area contributed by atoms with Crippen molar-refractivity contribution in [2.24, 2.45) is 0 Å². The number of carbonyl (C=O) groups is 1. The molecule has 0 saturated heterocycles. The summed E-state index contributed by atoms with van der Waals surface area (Å²) in [5.41, 5.74) is -0.622. The molecule has 0 saturated carbocycles. The van der Waals surface area contributed by atoms with Crippen LogP contribution in [0.5, 0.6) is 0 Å². The first kappa shape index (κ1) is 17.9. The van der Waals surface area contributed by atoms with Crippen molar-refractivity contribution >= 4 is 46.4 Å². The first-order valence-corrected chi connectivity index (χ1v) is 7.37. The zero-order chi connectivity index (χ0) is 17.3. The second-order valence-corrected chi connectivity index (χ2v) is 6.86. The molecule has 0 radical (unpaired) electrons. The van der Waals surface area contributed by atoms with E-state index in [2.05, 4.69) is 5.32 Å². The minimum absolute atomic E-state index is 0.00928. The summed E-state index contributed by atoms with van der Waals surface area (Å²) in [6.07, 6.45) is -4.61. The molecule has 2 rings (SSSR count). The third-order valence-corrected chi connectivity index (χ3v) is 3.44. The monoisotopic (exact) mass is 381 g/mol. The molecule has 0 heterocycles. The molecule has 0 atom stereocenters. The maximum atomic E-state index is 13.3. The first-order valence-electron chi connectivity index (χ1n) is 6.24. The van der Waals surface area contributed by atoms with Crippen LogP contribution in [0.25, 0.3) is 11.1 Å². The second kappa shape index (κ2) is 6.59. The van der Waals surface area contributed by atoms with Crippen LogP contribution in [0.1, 0.15) is 5.56 Å². The molecule has 0 fully saturated rings. The summed E-state index contributed by atoms with van der Waals surface area (Å²) in [7, 11) is 0. The van der Waals surface area contributed by atoms with Gasteiger partial charge in [-0.05, 0) is 23.3 Å². The van der Waals surface area contributed by atoms with Gasteiger partial charge in [-0.2, -0.15) is 13.2 Å². The number of rotatable bonds is 2. The maximum absolute atomic E-state index is 13.3. The van der Waals surface area contributed by atoms with E-state index in [0.29, 0.717) is 5.56 Å². The Morgan fingerprint density at radius 3 is 2.09 bits per heavy atom. The SMILES string of the molecule is O=C(Nc1ccc(-c2ccccc2)c(C(F)(F)F)c1)C(Cl)(Cl)Cl. The van der Waals surface area contributed by atoms with Gasteiger partial charge in [0, 0.05) is 5.69 Å². The molecular formula is C15H9Cl3F3NO. The molecule has 122 valence electrons. The van der Waals surface area contributed by atoms with E-state index < -0.39 is 21.4 Å². The van der Waals surface area contributed by atoms with Crippen LogP contribution in [0.3, 0.4) is 0 Å². The van der Waals surface area contributed by atoms with E-state index in [-0.39, 0.29) is 11.3 Å². The van der Waals surface area contributed by atoms with E-state index in [0.717, 1.165) is 6.07 Å². The largest absolute Gasteiger partial charge is 0.417 e. The van der Waals surface area contributed by atoms with Crippen LogP contribution in [0.15, 0.2) is 48.5 Å². The van der Waals surface area contributed by atoms with Crippen molar-refractivity contribution in [3.63, 3.8) is 0 Å². The predicted octanol–water partition coefficient (Wildman–Crippen LogP) is 5.68. The average Bonchev–Trinajstić information content (AvgIpc) is 2.46. The number of benzene rings is 2. The number of hydrogen-bond acceptors (Lipinski definition) is 1. The number of carbonyl (C=O) groups excluding carboxylic acids is 1. The first-order chi connectivity index (χ1) is 10.6. The van der Waals surface area contributed by atoms with Crippen molar-refractivity contribution in [1.29, 1.82) is 0 Å². The normalized spacial score (nSPS) is 12.1. The predicted molar refractivity (Wildman–Crippen MR) is 85.8 cm³/mol. The molecular weight excluding hydrogens is 374 g/mol. The number of hydrogen-bond donors (Lipinski definition) is 1. The van der Waals surface area contributed by atoms with Gasteiger partial charge in [0.25, 0.3) is 9.70 Å². The Balaban J connectivity index is 2.46. The highest BCUT2D eigenvalue weighted by molar-refractivity contribution is 6.76. The van der Waals surface area contributed by atoms with E-state index in [9.17, 15) is 18.0 Å². The van der Waals surface area contributed by atoms with Gasteiger partial charge in [-0.3, -0.25) is 4.79 Å². The fourth-order valence-corrected chi connectivity index (χ4v) is 2.07. The molecule has 0 aliphatic heterocycles. The molecule has 1 amide bonds. The lowest BCUT2D eigenvalue weighted by Gasteiger charge is -2.16. The molecule has 0 aliphatic rings. The number of alkyl halides is 6. The van der Waals surface area contributed by atoms with Crippen LogP contribution < -0.4 is 5.32 Å². The van der Waals surface area contributed by atoms with Gasteiger partial charge in [0.2, 0.25) is 0 Å². The molecule has 0 unspecified atom stereocenters. The fraction of sp³-hybridized carbons (Fsp3) is 0.133. The topological polar surface area (TPSA) is 29.1 Å². The Bertz CT molecular complexity index is 712. The van der Waals surface area contributed by atoms with Crippen LogP contribution >= 0.6 is 34.8 Å². The van der Waals surface area contributed by atoms with E-state index in [4.69, 9.17) is 34.8 Å². The molecule has 2 aromatic rings. The lowest BCUT2D eigenvalue weighted by Crippen LogP contribution is -2.27. The molecule has 1 N–H and O–H groups in total. The average molecular weight is 383 g/mol. The lowest BCUT2D eigenvalue weighted by atomic mass is 9.98. The molecule has 8 heteroatoms. The minimum atomic E-state index is -4.61. The highest BCUT2D eigenvalue weighted by atomic mass is 35.6. The van der Waals surface area contributed by atoms with Gasteiger partial charge in [-0.15, -0.1) is 0 Å². The Morgan fingerprint density at radius 2 is 1.57 bits per heavy atom. The van der Waals surface area contributed by atoms with Gasteiger partial charge >= 0.3 is 6.18 Å². The van der Waals surface area contributed by atoms with Crippen LogP contribution in [0.2, 0.25) is 0 Å². The van der Waals surface area contributed by atoms with Crippen molar-refractivity contribution in [2.75, 3.05) is 5.32 Å². The van der Waals surface area contributed by atoms with Gasteiger partial charge in [0.15, 0.2) is 0 Å². The van der Waals surface area contributed by atoms with Gasteiger partial charge in [0.05, 0.1) is 5.56 Å². The van der Waals surface area contributed by atoms with Crippen LogP contribution in [-0.2, 0) is 11.0 Å². The molecule has 0 spiro atoms. The van der Waals surface area contributed by atoms with E-state index in [1.54, 1.807) is 30.3 Å². The van der Waals surface area contributed by atoms with Crippen molar-refractivity contribution in [3.8, 4) is 11.1 Å². The summed E-state index contributed by atoms with van der Waals surface area (Å²) in [6, 6.07) is 11.5. The molecule has 0 bridgehead atoms. The van der Waals surface area contributed by atoms with E-state index in [1.807, 2.05) is 0 Å². The fourth-order valence-electron chi connectivity index (χ4n) is 1.93. The lowest BCUT2D eigenvalue weighted by molar-refractivity contribution is -0.137. The van der Waals surface area contributed by atoms with Crippen molar-refractivity contribution < 1.29 is 18.0 Å². The summed E-state index contributed by atoms with van der Waals surface area (Å²) < 4.78 is 37.6. The van der Waals surface area contributed by atoms with Crippen LogP contribution in [0, 0.1) is 0 Å². The number of amides is 1. The number of nitrogens with one attached hydrogen (secondary N) is 1. The van der Waals surface area contributed by atoms with Crippen molar-refractivity contribution in [3.05, 3.63) is 54.1 Å². The molecule has 2 aromatic carbocycles.